The summed E-state index contributed by atoms with van der Waals surface area (Å²) in [6.45, 7) is 5.45. The molecule has 0 fully saturated rings. The Kier molecular flexibility index (Phi) is 4.14. The maximum atomic E-state index is 4.38. The minimum atomic E-state index is 0.389. The first-order valence-corrected chi connectivity index (χ1v) is 7.05. The Balaban J connectivity index is 2.22. The van der Waals surface area contributed by atoms with Gasteiger partial charge in [-0.25, -0.2) is 9.97 Å². The van der Waals surface area contributed by atoms with Crippen LogP contribution in [0.4, 0.5) is 5.82 Å². The molecule has 0 bridgehead atoms. The van der Waals surface area contributed by atoms with Crippen molar-refractivity contribution in [3.8, 4) is 0 Å². The minimum absolute atomic E-state index is 0.389. The number of fused-ring (bicyclic) bond motifs is 1. The Morgan fingerprint density at radius 1 is 1.33 bits per heavy atom. The van der Waals surface area contributed by atoms with Gasteiger partial charge in [0.1, 0.15) is 12.1 Å². The highest BCUT2D eigenvalue weighted by Crippen LogP contribution is 2.26. The molecule has 0 amide bonds. The van der Waals surface area contributed by atoms with E-state index in [9.17, 15) is 0 Å². The third-order valence-electron chi connectivity index (χ3n) is 2.93. The predicted octanol–water partition coefficient (Wildman–Crippen LogP) is 2.69. The summed E-state index contributed by atoms with van der Waals surface area (Å²) in [4.78, 5) is 10.8. The molecule has 0 aliphatic carbocycles. The van der Waals surface area contributed by atoms with Crippen LogP contribution >= 0.6 is 11.3 Å². The Hall–Kier alpha value is -1.20. The SMILES string of the molecule is CC(C)C(CN(C)C)Nc1ncnc2ccsc12. The molecule has 5 heteroatoms. The van der Waals surface area contributed by atoms with E-state index in [4.69, 9.17) is 0 Å². The highest BCUT2D eigenvalue weighted by atomic mass is 32.1. The van der Waals surface area contributed by atoms with Crippen molar-refractivity contribution < 1.29 is 0 Å². The molecule has 0 aliphatic rings. The Morgan fingerprint density at radius 2 is 2.11 bits per heavy atom. The van der Waals surface area contributed by atoms with Crippen molar-refractivity contribution in [3.05, 3.63) is 17.8 Å². The van der Waals surface area contributed by atoms with Crippen LogP contribution in [-0.4, -0.2) is 41.5 Å². The molecule has 0 aromatic carbocycles. The van der Waals surface area contributed by atoms with Crippen LogP contribution < -0.4 is 5.32 Å². The Labute approximate surface area is 112 Å². The van der Waals surface area contributed by atoms with E-state index < -0.39 is 0 Å². The van der Waals surface area contributed by atoms with E-state index in [0.717, 1.165) is 22.6 Å². The van der Waals surface area contributed by atoms with Crippen LogP contribution in [0.3, 0.4) is 0 Å². The van der Waals surface area contributed by atoms with E-state index in [1.54, 1.807) is 17.7 Å². The Bertz CT molecular complexity index is 506. The summed E-state index contributed by atoms with van der Waals surface area (Å²) >= 11 is 1.69. The van der Waals surface area contributed by atoms with Crippen LogP contribution in [0.1, 0.15) is 13.8 Å². The standard InChI is InChI=1S/C13H20N4S/c1-9(2)11(7-17(3)4)16-13-12-10(5-6-18-12)14-8-15-13/h5-6,8-9,11H,7H2,1-4H3,(H,14,15,16). The molecule has 0 saturated carbocycles. The number of anilines is 1. The van der Waals surface area contributed by atoms with E-state index in [1.807, 2.05) is 6.07 Å². The van der Waals surface area contributed by atoms with Gasteiger partial charge in [-0.1, -0.05) is 13.8 Å². The lowest BCUT2D eigenvalue weighted by Crippen LogP contribution is -2.36. The molecule has 1 N–H and O–H groups in total. The number of hydrogen-bond donors (Lipinski definition) is 1. The first kappa shape index (κ1) is 13.2. The summed E-state index contributed by atoms with van der Waals surface area (Å²) in [6.07, 6.45) is 1.63. The monoisotopic (exact) mass is 264 g/mol. The van der Waals surface area contributed by atoms with Gasteiger partial charge in [-0.3, -0.25) is 0 Å². The molecule has 1 atom stereocenters. The lowest BCUT2D eigenvalue weighted by atomic mass is 10.0. The van der Waals surface area contributed by atoms with Crippen molar-refractivity contribution in [2.75, 3.05) is 26.0 Å². The van der Waals surface area contributed by atoms with E-state index >= 15 is 0 Å². The average molecular weight is 264 g/mol. The van der Waals surface area contributed by atoms with Gasteiger partial charge < -0.3 is 10.2 Å². The second-order valence-corrected chi connectivity index (χ2v) is 6.03. The van der Waals surface area contributed by atoms with Gasteiger partial charge in [-0.2, -0.15) is 0 Å². The van der Waals surface area contributed by atoms with Crippen LogP contribution in [0.25, 0.3) is 10.2 Å². The predicted molar refractivity (Wildman–Crippen MR) is 78.2 cm³/mol. The fourth-order valence-corrected chi connectivity index (χ4v) is 2.68. The summed E-state index contributed by atoms with van der Waals surface area (Å²) in [7, 11) is 4.19. The highest BCUT2D eigenvalue weighted by Gasteiger charge is 2.16. The van der Waals surface area contributed by atoms with Crippen molar-refractivity contribution >= 4 is 27.4 Å². The average Bonchev–Trinajstić information content (AvgIpc) is 2.76. The zero-order valence-corrected chi connectivity index (χ0v) is 12.2. The van der Waals surface area contributed by atoms with Crippen LogP contribution in [0.15, 0.2) is 17.8 Å². The van der Waals surface area contributed by atoms with E-state index in [2.05, 4.69) is 53.5 Å². The third-order valence-corrected chi connectivity index (χ3v) is 3.84. The molecule has 2 rings (SSSR count). The fourth-order valence-electron chi connectivity index (χ4n) is 1.88. The van der Waals surface area contributed by atoms with Gasteiger partial charge in [0.15, 0.2) is 0 Å². The molecule has 0 saturated heterocycles. The molecule has 4 nitrogen and oxygen atoms in total. The molecule has 1 unspecified atom stereocenters. The summed E-state index contributed by atoms with van der Waals surface area (Å²) in [5, 5.41) is 5.61. The molecule has 2 aromatic rings. The molecule has 98 valence electrons. The van der Waals surface area contributed by atoms with Gasteiger partial charge in [0.05, 0.1) is 10.2 Å². The highest BCUT2D eigenvalue weighted by molar-refractivity contribution is 7.17. The van der Waals surface area contributed by atoms with Gasteiger partial charge in [0, 0.05) is 12.6 Å². The van der Waals surface area contributed by atoms with Gasteiger partial charge in [0.25, 0.3) is 0 Å². The van der Waals surface area contributed by atoms with E-state index in [0.29, 0.717) is 12.0 Å². The van der Waals surface area contributed by atoms with E-state index in [1.165, 1.54) is 0 Å². The van der Waals surface area contributed by atoms with Crippen molar-refractivity contribution in [3.63, 3.8) is 0 Å². The number of hydrogen-bond acceptors (Lipinski definition) is 5. The zero-order chi connectivity index (χ0) is 13.1. The summed E-state index contributed by atoms with van der Waals surface area (Å²) in [6, 6.07) is 2.42. The first-order valence-electron chi connectivity index (χ1n) is 6.17. The second kappa shape index (κ2) is 5.63. The summed E-state index contributed by atoms with van der Waals surface area (Å²) in [5.41, 5.74) is 1.02. The number of aromatic nitrogens is 2. The van der Waals surface area contributed by atoms with Crippen molar-refractivity contribution in [2.45, 2.75) is 19.9 Å². The quantitative estimate of drug-likeness (QED) is 0.901. The van der Waals surface area contributed by atoms with Crippen LogP contribution in [0.5, 0.6) is 0 Å². The number of nitrogens with one attached hydrogen (secondary N) is 1. The molecule has 0 aliphatic heterocycles. The van der Waals surface area contributed by atoms with Gasteiger partial charge in [-0.05, 0) is 31.5 Å². The summed E-state index contributed by atoms with van der Waals surface area (Å²) < 4.78 is 1.14. The first-order chi connectivity index (χ1) is 8.58. The molecular formula is C13H20N4S. The molecule has 0 spiro atoms. The topological polar surface area (TPSA) is 41.0 Å². The Morgan fingerprint density at radius 3 is 2.78 bits per heavy atom. The normalized spacial score (nSPS) is 13.4. The second-order valence-electron chi connectivity index (χ2n) is 5.11. The zero-order valence-electron chi connectivity index (χ0n) is 11.3. The lowest BCUT2D eigenvalue weighted by molar-refractivity contribution is 0.344. The minimum Gasteiger partial charge on any atom is -0.364 e. The van der Waals surface area contributed by atoms with Gasteiger partial charge in [0.2, 0.25) is 0 Å². The number of rotatable bonds is 5. The molecular weight excluding hydrogens is 244 g/mol. The van der Waals surface area contributed by atoms with Gasteiger partial charge in [-0.15, -0.1) is 11.3 Å². The molecule has 0 radical (unpaired) electrons. The maximum absolute atomic E-state index is 4.38. The van der Waals surface area contributed by atoms with Crippen molar-refractivity contribution in [1.82, 2.24) is 14.9 Å². The lowest BCUT2D eigenvalue weighted by Gasteiger charge is -2.26. The summed E-state index contributed by atoms with van der Waals surface area (Å²) in [5.74, 6) is 1.51. The number of thiophene rings is 1. The maximum Gasteiger partial charge on any atom is 0.147 e. The van der Waals surface area contributed by atoms with E-state index in [-0.39, 0.29) is 0 Å². The smallest absolute Gasteiger partial charge is 0.147 e. The fraction of sp³-hybridized carbons (Fsp3) is 0.538. The molecule has 2 aromatic heterocycles. The largest absolute Gasteiger partial charge is 0.364 e. The molecule has 2 heterocycles. The van der Waals surface area contributed by atoms with Crippen LogP contribution in [-0.2, 0) is 0 Å². The van der Waals surface area contributed by atoms with Gasteiger partial charge >= 0.3 is 0 Å². The van der Waals surface area contributed by atoms with Crippen molar-refractivity contribution in [1.29, 1.82) is 0 Å². The van der Waals surface area contributed by atoms with Crippen LogP contribution in [0.2, 0.25) is 0 Å². The van der Waals surface area contributed by atoms with Crippen molar-refractivity contribution in [2.24, 2.45) is 5.92 Å². The van der Waals surface area contributed by atoms with Crippen LogP contribution in [0, 0.1) is 5.92 Å². The number of likely N-dealkylation sites (N-methyl/N-ethyl adjacent to an activating group) is 1. The third kappa shape index (κ3) is 2.97. The number of nitrogens with zero attached hydrogens (tertiary/aromatic N) is 3. The molecule has 18 heavy (non-hydrogen) atoms.